The van der Waals surface area contributed by atoms with E-state index in [4.69, 9.17) is 0 Å². The molecule has 2 nitrogen and oxygen atoms in total. The van der Waals surface area contributed by atoms with E-state index in [1.165, 1.54) is 93.8 Å². The Labute approximate surface area is 325 Å². The zero-order valence-corrected chi connectivity index (χ0v) is 30.7. The molecule has 11 rings (SSSR count). The summed E-state index contributed by atoms with van der Waals surface area (Å²) in [5, 5.41) is 4.99. The number of para-hydroxylation sites is 3. The van der Waals surface area contributed by atoms with Gasteiger partial charge in [-0.15, -0.1) is 0 Å². The Morgan fingerprint density at radius 2 is 0.661 bits per heavy atom. The molecule has 0 atom stereocenters. The molecule has 0 aliphatic carbocycles. The van der Waals surface area contributed by atoms with Crippen molar-refractivity contribution in [1.29, 1.82) is 0 Å². The van der Waals surface area contributed by atoms with E-state index >= 15 is 0 Å². The second-order valence-electron chi connectivity index (χ2n) is 14.5. The summed E-state index contributed by atoms with van der Waals surface area (Å²) < 4.78 is 4.83. The predicted molar refractivity (Wildman–Crippen MR) is 237 cm³/mol. The van der Waals surface area contributed by atoms with Crippen molar-refractivity contribution in [2.24, 2.45) is 0 Å². The molecule has 0 aliphatic heterocycles. The monoisotopic (exact) mass is 712 g/mol. The fourth-order valence-corrected chi connectivity index (χ4v) is 8.68. The first-order chi connectivity index (χ1) is 27.8. The topological polar surface area (TPSA) is 9.86 Å². The van der Waals surface area contributed by atoms with E-state index in [1.54, 1.807) is 0 Å². The lowest BCUT2D eigenvalue weighted by atomic mass is 9.99. The molecule has 2 aromatic heterocycles. The van der Waals surface area contributed by atoms with Gasteiger partial charge in [0.25, 0.3) is 0 Å². The summed E-state index contributed by atoms with van der Waals surface area (Å²) in [4.78, 5) is 0. The van der Waals surface area contributed by atoms with Gasteiger partial charge in [-0.2, -0.15) is 0 Å². The first kappa shape index (κ1) is 32.0. The van der Waals surface area contributed by atoms with E-state index < -0.39 is 0 Å². The van der Waals surface area contributed by atoms with Crippen LogP contribution in [0.5, 0.6) is 0 Å². The van der Waals surface area contributed by atoms with E-state index in [0.29, 0.717) is 0 Å². The van der Waals surface area contributed by atoms with Crippen LogP contribution in [0.25, 0.3) is 99.5 Å². The first-order valence-corrected chi connectivity index (χ1v) is 19.3. The van der Waals surface area contributed by atoms with Gasteiger partial charge >= 0.3 is 0 Å². The Balaban J connectivity index is 1.01. The van der Waals surface area contributed by atoms with Gasteiger partial charge in [-0.05, 0) is 99.6 Å². The molecule has 0 unspecified atom stereocenters. The van der Waals surface area contributed by atoms with Crippen LogP contribution in [0.2, 0.25) is 0 Å². The summed E-state index contributed by atoms with van der Waals surface area (Å²) in [6, 6.07) is 79.3. The molecular weight excluding hydrogens is 677 g/mol. The molecule has 0 bridgehead atoms. The Kier molecular flexibility index (Phi) is 7.53. The minimum atomic E-state index is 1.15. The standard InChI is InChI=1S/C54H36N2/c1-3-14-37(15-4-1)40-18-13-19-41(34-40)38-26-30-44(31-27-38)55-51-24-11-8-21-46(51)48-35-42(28-32-53(48)55)43-29-33-54-49(36-43)47-22-9-12-25-52(47)56(54)50-23-10-7-20-45(50)39-16-5-2-6-17-39/h1-36H. The van der Waals surface area contributed by atoms with Crippen LogP contribution < -0.4 is 0 Å². The van der Waals surface area contributed by atoms with E-state index in [2.05, 4.69) is 228 Å². The molecule has 0 saturated carbocycles. The van der Waals surface area contributed by atoms with Gasteiger partial charge in [0.1, 0.15) is 0 Å². The van der Waals surface area contributed by atoms with Crippen LogP contribution in [-0.2, 0) is 0 Å². The minimum Gasteiger partial charge on any atom is -0.309 e. The van der Waals surface area contributed by atoms with Crippen molar-refractivity contribution in [3.05, 3.63) is 218 Å². The SMILES string of the molecule is c1ccc(-c2cccc(-c3ccc(-n4c5ccccc5c5cc(-c6ccc7c(c6)c6ccccc6n7-c6ccccc6-c6ccccc6)ccc54)cc3)c2)cc1. The van der Waals surface area contributed by atoms with Crippen LogP contribution in [0.1, 0.15) is 0 Å². The van der Waals surface area contributed by atoms with Gasteiger partial charge in [-0.3, -0.25) is 0 Å². The quantitative estimate of drug-likeness (QED) is 0.162. The van der Waals surface area contributed by atoms with Gasteiger partial charge in [0.2, 0.25) is 0 Å². The van der Waals surface area contributed by atoms with Crippen LogP contribution in [-0.4, -0.2) is 9.13 Å². The fraction of sp³-hybridized carbons (Fsp3) is 0. The molecule has 2 heterocycles. The Hall–Kier alpha value is -7.42. The summed E-state index contributed by atoms with van der Waals surface area (Å²) in [5.41, 5.74) is 16.8. The number of nitrogens with zero attached hydrogens (tertiary/aromatic N) is 2. The molecule has 11 aromatic rings. The van der Waals surface area contributed by atoms with Crippen LogP contribution in [0, 0.1) is 0 Å². The highest BCUT2D eigenvalue weighted by Crippen LogP contribution is 2.40. The maximum absolute atomic E-state index is 2.43. The Morgan fingerprint density at radius 3 is 1.30 bits per heavy atom. The molecule has 56 heavy (non-hydrogen) atoms. The molecule has 0 aliphatic rings. The highest BCUT2D eigenvalue weighted by atomic mass is 15.0. The molecule has 262 valence electrons. The molecule has 0 saturated heterocycles. The lowest BCUT2D eigenvalue weighted by molar-refractivity contribution is 1.18. The van der Waals surface area contributed by atoms with E-state index in [-0.39, 0.29) is 0 Å². The summed E-state index contributed by atoms with van der Waals surface area (Å²) in [5.74, 6) is 0. The van der Waals surface area contributed by atoms with Gasteiger partial charge in [0.15, 0.2) is 0 Å². The third-order valence-electron chi connectivity index (χ3n) is 11.3. The molecular formula is C54H36N2. The summed E-state index contributed by atoms with van der Waals surface area (Å²) in [6.07, 6.45) is 0. The smallest absolute Gasteiger partial charge is 0.0541 e. The summed E-state index contributed by atoms with van der Waals surface area (Å²) in [6.45, 7) is 0. The third kappa shape index (κ3) is 5.26. The molecule has 0 fully saturated rings. The molecule has 0 spiro atoms. The largest absolute Gasteiger partial charge is 0.309 e. The molecule has 0 N–H and O–H groups in total. The van der Waals surface area contributed by atoms with Crippen LogP contribution in [0.15, 0.2) is 218 Å². The van der Waals surface area contributed by atoms with Crippen molar-refractivity contribution in [1.82, 2.24) is 9.13 Å². The second kappa shape index (κ2) is 13.2. The zero-order valence-electron chi connectivity index (χ0n) is 30.7. The molecule has 0 radical (unpaired) electrons. The molecule has 9 aromatic carbocycles. The maximum atomic E-state index is 2.43. The van der Waals surface area contributed by atoms with Gasteiger partial charge < -0.3 is 9.13 Å². The average molecular weight is 713 g/mol. The second-order valence-corrected chi connectivity index (χ2v) is 14.5. The molecule has 2 heteroatoms. The number of aromatic nitrogens is 2. The fourth-order valence-electron chi connectivity index (χ4n) is 8.68. The van der Waals surface area contributed by atoms with Crippen molar-refractivity contribution in [2.45, 2.75) is 0 Å². The highest BCUT2D eigenvalue weighted by molar-refractivity contribution is 6.13. The van der Waals surface area contributed by atoms with Crippen LogP contribution in [0.3, 0.4) is 0 Å². The number of fused-ring (bicyclic) bond motifs is 6. The van der Waals surface area contributed by atoms with E-state index in [1.807, 2.05) is 0 Å². The summed E-state index contributed by atoms with van der Waals surface area (Å²) >= 11 is 0. The van der Waals surface area contributed by atoms with Gasteiger partial charge in [-0.1, -0.05) is 158 Å². The Bertz CT molecular complexity index is 3220. The van der Waals surface area contributed by atoms with Crippen molar-refractivity contribution in [2.75, 3.05) is 0 Å². The van der Waals surface area contributed by atoms with Gasteiger partial charge in [0.05, 0.1) is 27.8 Å². The zero-order chi connectivity index (χ0) is 37.0. The van der Waals surface area contributed by atoms with E-state index in [0.717, 1.165) is 5.69 Å². The number of hydrogen-bond donors (Lipinski definition) is 0. The van der Waals surface area contributed by atoms with Crippen LogP contribution in [0.4, 0.5) is 0 Å². The number of rotatable bonds is 6. The van der Waals surface area contributed by atoms with E-state index in [9.17, 15) is 0 Å². The van der Waals surface area contributed by atoms with Crippen molar-refractivity contribution >= 4 is 43.6 Å². The van der Waals surface area contributed by atoms with Gasteiger partial charge in [0, 0.05) is 32.8 Å². The van der Waals surface area contributed by atoms with Crippen molar-refractivity contribution in [3.63, 3.8) is 0 Å². The number of hydrogen-bond acceptors (Lipinski definition) is 0. The minimum absolute atomic E-state index is 1.15. The lowest BCUT2D eigenvalue weighted by Gasteiger charge is -2.14. The predicted octanol–water partition coefficient (Wildman–Crippen LogP) is 14.5. The average Bonchev–Trinajstić information content (AvgIpc) is 3.79. The normalized spacial score (nSPS) is 11.6. The Morgan fingerprint density at radius 1 is 0.232 bits per heavy atom. The summed E-state index contributed by atoms with van der Waals surface area (Å²) in [7, 11) is 0. The highest BCUT2D eigenvalue weighted by Gasteiger charge is 2.18. The lowest BCUT2D eigenvalue weighted by Crippen LogP contribution is -1.97. The third-order valence-corrected chi connectivity index (χ3v) is 11.3. The molecule has 0 amide bonds. The van der Waals surface area contributed by atoms with Gasteiger partial charge in [-0.25, -0.2) is 0 Å². The maximum Gasteiger partial charge on any atom is 0.0541 e. The number of benzene rings is 9. The van der Waals surface area contributed by atoms with Crippen LogP contribution >= 0.6 is 0 Å². The van der Waals surface area contributed by atoms with Crippen molar-refractivity contribution < 1.29 is 0 Å². The first-order valence-electron chi connectivity index (χ1n) is 19.3. The van der Waals surface area contributed by atoms with Crippen molar-refractivity contribution in [3.8, 4) is 55.9 Å².